The van der Waals surface area contributed by atoms with Gasteiger partial charge in [-0.3, -0.25) is 0 Å². The predicted molar refractivity (Wildman–Crippen MR) is 78.2 cm³/mol. The lowest BCUT2D eigenvalue weighted by Crippen LogP contribution is -2.13. The fraction of sp³-hybridized carbons (Fsp3) is 0.571. The van der Waals surface area contributed by atoms with Gasteiger partial charge in [-0.05, 0) is 36.3 Å². The Bertz CT molecular complexity index is 316. The van der Waals surface area contributed by atoms with Crippen molar-refractivity contribution in [3.63, 3.8) is 0 Å². The molecule has 1 aromatic rings. The highest BCUT2D eigenvalue weighted by atomic mass is 32.2. The van der Waals surface area contributed by atoms with Crippen LogP contribution in [0.2, 0.25) is 0 Å². The lowest BCUT2D eigenvalue weighted by atomic mass is 10.1. The maximum Gasteiger partial charge on any atom is 0.119 e. The summed E-state index contributed by atoms with van der Waals surface area (Å²) in [6, 6.07) is 8.06. The summed E-state index contributed by atoms with van der Waals surface area (Å²) in [6.07, 6.45) is 1.85. The first-order chi connectivity index (χ1) is 8.77. The molecule has 18 heavy (non-hydrogen) atoms. The van der Waals surface area contributed by atoms with Crippen LogP contribution in [0.5, 0.6) is 5.75 Å². The molecule has 1 aromatic carbocycles. The second-order valence-corrected chi connectivity index (χ2v) is 5.33. The molecule has 1 unspecified atom stereocenters. The minimum absolute atomic E-state index is 0.0499. The van der Waals surface area contributed by atoms with Crippen LogP contribution in [-0.2, 0) is 0 Å². The highest BCUT2D eigenvalue weighted by Gasteiger charge is 2.06. The van der Waals surface area contributed by atoms with Crippen LogP contribution in [0.4, 0.5) is 0 Å². The molecule has 3 N–H and O–H groups in total. The topological polar surface area (TPSA) is 55.5 Å². The summed E-state index contributed by atoms with van der Waals surface area (Å²) in [6.45, 7) is 3.10. The minimum atomic E-state index is 0.0499. The van der Waals surface area contributed by atoms with E-state index in [1.165, 1.54) is 0 Å². The Balaban J connectivity index is 2.36. The van der Waals surface area contributed by atoms with Gasteiger partial charge < -0.3 is 15.6 Å². The number of nitrogens with two attached hydrogens (primary N) is 1. The number of ether oxygens (including phenoxy) is 1. The summed E-state index contributed by atoms with van der Waals surface area (Å²) < 4.78 is 5.53. The first-order valence-corrected chi connectivity index (χ1v) is 7.60. The van der Waals surface area contributed by atoms with Gasteiger partial charge in [0, 0.05) is 18.4 Å². The minimum Gasteiger partial charge on any atom is -0.494 e. The monoisotopic (exact) mass is 269 g/mol. The Labute approximate surface area is 114 Å². The van der Waals surface area contributed by atoms with Crippen LogP contribution in [0.15, 0.2) is 24.3 Å². The van der Waals surface area contributed by atoms with E-state index in [1.54, 1.807) is 11.8 Å². The molecule has 1 atom stereocenters. The maximum absolute atomic E-state index is 8.69. The van der Waals surface area contributed by atoms with Gasteiger partial charge in [-0.15, -0.1) is 0 Å². The highest BCUT2D eigenvalue weighted by molar-refractivity contribution is 7.99. The van der Waals surface area contributed by atoms with E-state index in [2.05, 4.69) is 6.92 Å². The Morgan fingerprint density at radius 3 is 2.67 bits per heavy atom. The van der Waals surface area contributed by atoms with Crippen LogP contribution in [0.3, 0.4) is 0 Å². The van der Waals surface area contributed by atoms with E-state index >= 15 is 0 Å². The van der Waals surface area contributed by atoms with Crippen LogP contribution < -0.4 is 10.5 Å². The van der Waals surface area contributed by atoms with Gasteiger partial charge in [0.25, 0.3) is 0 Å². The fourth-order valence-electron chi connectivity index (χ4n) is 1.50. The Hall–Kier alpha value is -0.710. The van der Waals surface area contributed by atoms with Gasteiger partial charge in [0.1, 0.15) is 5.75 Å². The molecule has 0 aliphatic heterocycles. The van der Waals surface area contributed by atoms with Crippen molar-refractivity contribution in [1.82, 2.24) is 0 Å². The van der Waals surface area contributed by atoms with Crippen molar-refractivity contribution in [2.75, 3.05) is 24.7 Å². The van der Waals surface area contributed by atoms with Crippen molar-refractivity contribution in [3.8, 4) is 5.75 Å². The molecule has 0 bridgehead atoms. The predicted octanol–water partition coefficient (Wildman–Crippen LogP) is 2.59. The molecule has 0 aliphatic carbocycles. The van der Waals surface area contributed by atoms with Gasteiger partial charge >= 0.3 is 0 Å². The number of benzene rings is 1. The molecule has 0 aliphatic rings. The van der Waals surface area contributed by atoms with E-state index in [0.29, 0.717) is 0 Å². The van der Waals surface area contributed by atoms with Crippen LogP contribution in [-0.4, -0.2) is 29.8 Å². The molecule has 102 valence electrons. The number of hydrogen-bond acceptors (Lipinski definition) is 4. The third kappa shape index (κ3) is 5.76. The summed E-state index contributed by atoms with van der Waals surface area (Å²) in [5, 5.41) is 8.69. The number of aliphatic hydroxyl groups is 1. The van der Waals surface area contributed by atoms with E-state index in [9.17, 15) is 0 Å². The van der Waals surface area contributed by atoms with E-state index < -0.39 is 0 Å². The largest absolute Gasteiger partial charge is 0.494 e. The van der Waals surface area contributed by atoms with Crippen molar-refractivity contribution in [1.29, 1.82) is 0 Å². The van der Waals surface area contributed by atoms with E-state index in [1.807, 2.05) is 24.3 Å². The van der Waals surface area contributed by atoms with Crippen LogP contribution in [0.1, 0.15) is 31.4 Å². The first-order valence-electron chi connectivity index (χ1n) is 6.45. The SMILES string of the molecule is CCCOc1ccc(C(N)CSCCCO)cc1. The summed E-state index contributed by atoms with van der Waals surface area (Å²) in [4.78, 5) is 0. The summed E-state index contributed by atoms with van der Waals surface area (Å²) >= 11 is 1.78. The zero-order valence-electron chi connectivity index (χ0n) is 11.0. The van der Waals surface area contributed by atoms with Gasteiger partial charge in [0.15, 0.2) is 0 Å². The first kappa shape index (κ1) is 15.3. The number of thioether (sulfide) groups is 1. The number of rotatable bonds is 9. The third-order valence-corrected chi connectivity index (χ3v) is 3.70. The van der Waals surface area contributed by atoms with Gasteiger partial charge in [0.05, 0.1) is 6.61 Å². The van der Waals surface area contributed by atoms with E-state index in [0.717, 1.165) is 42.3 Å². The third-order valence-electron chi connectivity index (χ3n) is 2.53. The molecule has 0 radical (unpaired) electrons. The number of aliphatic hydroxyl groups excluding tert-OH is 1. The van der Waals surface area contributed by atoms with Crippen molar-refractivity contribution in [3.05, 3.63) is 29.8 Å². The molecule has 3 nitrogen and oxygen atoms in total. The normalized spacial score (nSPS) is 12.4. The average molecular weight is 269 g/mol. The molecule has 0 saturated carbocycles. The average Bonchev–Trinajstić information content (AvgIpc) is 2.41. The van der Waals surface area contributed by atoms with Crippen molar-refractivity contribution in [2.45, 2.75) is 25.8 Å². The van der Waals surface area contributed by atoms with Gasteiger partial charge in [0.2, 0.25) is 0 Å². The zero-order valence-corrected chi connectivity index (χ0v) is 11.8. The molecule has 0 aromatic heterocycles. The van der Waals surface area contributed by atoms with Crippen LogP contribution in [0.25, 0.3) is 0 Å². The highest BCUT2D eigenvalue weighted by Crippen LogP contribution is 2.20. The van der Waals surface area contributed by atoms with Crippen molar-refractivity contribution < 1.29 is 9.84 Å². The molecule has 1 rings (SSSR count). The summed E-state index contributed by atoms with van der Waals surface area (Å²) in [7, 11) is 0. The molecule has 0 amide bonds. The zero-order chi connectivity index (χ0) is 13.2. The molecule has 4 heteroatoms. The Morgan fingerprint density at radius 2 is 2.06 bits per heavy atom. The van der Waals surface area contributed by atoms with Gasteiger partial charge in [-0.25, -0.2) is 0 Å². The maximum atomic E-state index is 8.69. The molecule has 0 fully saturated rings. The summed E-state index contributed by atoms with van der Waals surface area (Å²) in [5.74, 6) is 2.75. The summed E-state index contributed by atoms with van der Waals surface area (Å²) in [5.41, 5.74) is 7.24. The van der Waals surface area contributed by atoms with Crippen molar-refractivity contribution >= 4 is 11.8 Å². The van der Waals surface area contributed by atoms with Crippen molar-refractivity contribution in [2.24, 2.45) is 5.73 Å². The Morgan fingerprint density at radius 1 is 1.33 bits per heavy atom. The van der Waals surface area contributed by atoms with E-state index in [4.69, 9.17) is 15.6 Å². The lowest BCUT2D eigenvalue weighted by Gasteiger charge is -2.12. The lowest BCUT2D eigenvalue weighted by molar-refractivity contribution is 0.296. The van der Waals surface area contributed by atoms with Crippen LogP contribution in [0, 0.1) is 0 Å². The fourth-order valence-corrected chi connectivity index (χ4v) is 2.45. The van der Waals surface area contributed by atoms with Gasteiger partial charge in [-0.2, -0.15) is 11.8 Å². The molecular weight excluding hydrogens is 246 g/mol. The van der Waals surface area contributed by atoms with Crippen LogP contribution >= 0.6 is 11.8 Å². The Kier molecular flexibility index (Phi) is 7.89. The second-order valence-electron chi connectivity index (χ2n) is 4.18. The smallest absolute Gasteiger partial charge is 0.119 e. The number of hydrogen-bond donors (Lipinski definition) is 2. The second kappa shape index (κ2) is 9.25. The molecule has 0 saturated heterocycles. The molecular formula is C14H23NO2S. The molecule has 0 heterocycles. The van der Waals surface area contributed by atoms with E-state index in [-0.39, 0.29) is 12.6 Å². The molecule has 0 spiro atoms. The standard InChI is InChI=1S/C14H23NO2S/c1-2-9-17-13-6-4-12(5-7-13)14(15)11-18-10-3-8-16/h4-7,14,16H,2-3,8-11,15H2,1H3. The quantitative estimate of drug-likeness (QED) is 0.677. The van der Waals surface area contributed by atoms with Gasteiger partial charge in [-0.1, -0.05) is 19.1 Å².